The summed E-state index contributed by atoms with van der Waals surface area (Å²) in [5.74, 6) is -0.825. The molecule has 7 heteroatoms. The molecule has 0 aliphatic carbocycles. The van der Waals surface area contributed by atoms with Gasteiger partial charge in [0.2, 0.25) is 0 Å². The Balaban J connectivity index is 2.14. The minimum Gasteiger partial charge on any atom is -0.496 e. The summed E-state index contributed by atoms with van der Waals surface area (Å²) in [5, 5.41) is 11.4. The highest BCUT2D eigenvalue weighted by molar-refractivity contribution is 9.10. The van der Waals surface area contributed by atoms with Crippen molar-refractivity contribution in [2.24, 2.45) is 0 Å². The number of carboxylic acids is 1. The van der Waals surface area contributed by atoms with Gasteiger partial charge in [-0.15, -0.1) is 0 Å². The molecule has 0 aliphatic rings. The van der Waals surface area contributed by atoms with Gasteiger partial charge < -0.3 is 15.2 Å². The highest BCUT2D eigenvalue weighted by atomic mass is 79.9. The molecular formula is C14H11BrN2O4. The maximum atomic E-state index is 12.1. The highest BCUT2D eigenvalue weighted by Gasteiger charge is 2.10. The lowest BCUT2D eigenvalue weighted by Crippen LogP contribution is -2.12. The van der Waals surface area contributed by atoms with Crippen molar-refractivity contribution in [3.8, 4) is 5.75 Å². The van der Waals surface area contributed by atoms with Crippen LogP contribution in [0.1, 0.15) is 20.8 Å². The number of rotatable bonds is 4. The summed E-state index contributed by atoms with van der Waals surface area (Å²) in [6.07, 6.45) is 1.29. The molecule has 108 valence electrons. The number of halogens is 1. The molecule has 0 unspecified atom stereocenters. The van der Waals surface area contributed by atoms with Crippen LogP contribution in [0.25, 0.3) is 0 Å². The molecule has 2 aromatic rings. The van der Waals surface area contributed by atoms with E-state index in [-0.39, 0.29) is 11.6 Å². The maximum absolute atomic E-state index is 12.1. The van der Waals surface area contributed by atoms with Gasteiger partial charge >= 0.3 is 5.97 Å². The Labute approximate surface area is 128 Å². The monoisotopic (exact) mass is 350 g/mol. The Kier molecular flexibility index (Phi) is 4.54. The Morgan fingerprint density at radius 2 is 2.05 bits per heavy atom. The minimum atomic E-state index is -1.12. The fraction of sp³-hybridized carbons (Fsp3) is 0.0714. The molecule has 0 aliphatic heterocycles. The van der Waals surface area contributed by atoms with Crippen molar-refractivity contribution < 1.29 is 19.4 Å². The molecule has 21 heavy (non-hydrogen) atoms. The van der Waals surface area contributed by atoms with Crippen molar-refractivity contribution in [1.82, 2.24) is 4.98 Å². The second kappa shape index (κ2) is 6.36. The number of aromatic nitrogens is 1. The van der Waals surface area contributed by atoms with Gasteiger partial charge in [-0.3, -0.25) is 4.79 Å². The Morgan fingerprint density at radius 3 is 2.57 bits per heavy atom. The van der Waals surface area contributed by atoms with E-state index in [4.69, 9.17) is 9.84 Å². The predicted octanol–water partition coefficient (Wildman–Crippen LogP) is 2.80. The number of hydrogen-bond donors (Lipinski definition) is 2. The van der Waals surface area contributed by atoms with E-state index in [1.54, 1.807) is 18.2 Å². The summed E-state index contributed by atoms with van der Waals surface area (Å²) in [6.45, 7) is 0. The number of benzene rings is 1. The molecule has 0 saturated heterocycles. The third-order valence-corrected chi connectivity index (χ3v) is 3.27. The standard InChI is InChI=1S/C14H11BrN2O4/c1-21-12-5-2-8(6-10(12)15)13(18)17-9-3-4-11(14(19)20)16-7-9/h2-7H,1H3,(H,17,18)(H,19,20). The van der Waals surface area contributed by atoms with Crippen molar-refractivity contribution >= 4 is 33.5 Å². The number of carbonyl (C=O) groups is 2. The third-order valence-electron chi connectivity index (χ3n) is 2.65. The van der Waals surface area contributed by atoms with Crippen LogP contribution in [0.15, 0.2) is 41.0 Å². The van der Waals surface area contributed by atoms with E-state index >= 15 is 0 Å². The quantitative estimate of drug-likeness (QED) is 0.884. The maximum Gasteiger partial charge on any atom is 0.354 e. The molecule has 0 fully saturated rings. The van der Waals surface area contributed by atoms with Crippen LogP contribution in [0, 0.1) is 0 Å². The second-order valence-electron chi connectivity index (χ2n) is 4.04. The van der Waals surface area contributed by atoms with Crippen LogP contribution in [0.5, 0.6) is 5.75 Å². The number of carboxylic acid groups (broad SMARTS) is 1. The van der Waals surface area contributed by atoms with E-state index in [1.807, 2.05) is 0 Å². The number of carbonyl (C=O) groups excluding carboxylic acids is 1. The molecule has 6 nitrogen and oxygen atoms in total. The zero-order chi connectivity index (χ0) is 15.4. The molecule has 0 spiro atoms. The summed E-state index contributed by atoms with van der Waals surface area (Å²) in [6, 6.07) is 7.73. The SMILES string of the molecule is COc1ccc(C(=O)Nc2ccc(C(=O)O)nc2)cc1Br. The minimum absolute atomic E-state index is 0.0832. The van der Waals surface area contributed by atoms with Crippen LogP contribution in [0.3, 0.4) is 0 Å². The molecule has 1 amide bonds. The molecule has 2 N–H and O–H groups in total. The van der Waals surface area contributed by atoms with E-state index in [9.17, 15) is 9.59 Å². The molecule has 0 saturated carbocycles. The molecule has 1 aromatic carbocycles. The summed E-state index contributed by atoms with van der Waals surface area (Å²) in [4.78, 5) is 26.5. The first-order valence-electron chi connectivity index (χ1n) is 5.85. The van der Waals surface area contributed by atoms with Gasteiger partial charge in [0.05, 0.1) is 23.5 Å². The van der Waals surface area contributed by atoms with Crippen molar-refractivity contribution in [2.75, 3.05) is 12.4 Å². The van der Waals surface area contributed by atoms with Gasteiger partial charge in [-0.2, -0.15) is 0 Å². The first-order valence-corrected chi connectivity index (χ1v) is 6.65. The number of nitrogens with one attached hydrogen (secondary N) is 1. The van der Waals surface area contributed by atoms with E-state index < -0.39 is 5.97 Å². The number of ether oxygens (including phenoxy) is 1. The zero-order valence-corrected chi connectivity index (χ0v) is 12.5. The van der Waals surface area contributed by atoms with E-state index in [0.717, 1.165) is 0 Å². The van der Waals surface area contributed by atoms with Gasteiger partial charge in [-0.05, 0) is 46.3 Å². The number of anilines is 1. The Morgan fingerprint density at radius 1 is 1.29 bits per heavy atom. The number of nitrogens with zero attached hydrogens (tertiary/aromatic N) is 1. The topological polar surface area (TPSA) is 88.5 Å². The van der Waals surface area contributed by atoms with E-state index in [0.29, 0.717) is 21.5 Å². The van der Waals surface area contributed by atoms with Crippen LogP contribution in [0.2, 0.25) is 0 Å². The lowest BCUT2D eigenvalue weighted by Gasteiger charge is -2.07. The normalized spacial score (nSPS) is 10.0. The summed E-state index contributed by atoms with van der Waals surface area (Å²) in [7, 11) is 1.54. The van der Waals surface area contributed by atoms with Crippen LogP contribution in [0.4, 0.5) is 5.69 Å². The molecule has 1 heterocycles. The van der Waals surface area contributed by atoms with Crippen LogP contribution in [-0.4, -0.2) is 29.1 Å². The average Bonchev–Trinajstić information content (AvgIpc) is 2.47. The molecular weight excluding hydrogens is 340 g/mol. The highest BCUT2D eigenvalue weighted by Crippen LogP contribution is 2.25. The van der Waals surface area contributed by atoms with Gasteiger partial charge in [0, 0.05) is 5.56 Å². The fourth-order valence-electron chi connectivity index (χ4n) is 1.61. The second-order valence-corrected chi connectivity index (χ2v) is 4.90. The lowest BCUT2D eigenvalue weighted by molar-refractivity contribution is 0.0690. The Bertz CT molecular complexity index is 686. The van der Waals surface area contributed by atoms with Crippen molar-refractivity contribution in [3.05, 3.63) is 52.3 Å². The van der Waals surface area contributed by atoms with Gasteiger partial charge in [0.1, 0.15) is 11.4 Å². The number of amides is 1. The van der Waals surface area contributed by atoms with Crippen LogP contribution in [-0.2, 0) is 0 Å². The number of aromatic carboxylic acids is 1. The third kappa shape index (κ3) is 3.57. The Hall–Kier alpha value is -2.41. The van der Waals surface area contributed by atoms with Crippen molar-refractivity contribution in [3.63, 3.8) is 0 Å². The van der Waals surface area contributed by atoms with Crippen molar-refractivity contribution in [1.29, 1.82) is 0 Å². The van der Waals surface area contributed by atoms with Gasteiger partial charge in [0.25, 0.3) is 5.91 Å². The summed E-state index contributed by atoms with van der Waals surface area (Å²) < 4.78 is 5.75. The number of hydrogen-bond acceptors (Lipinski definition) is 4. The van der Waals surface area contributed by atoms with E-state index in [2.05, 4.69) is 26.2 Å². The number of methoxy groups -OCH3 is 1. The smallest absolute Gasteiger partial charge is 0.354 e. The van der Waals surface area contributed by atoms with E-state index in [1.165, 1.54) is 25.4 Å². The molecule has 0 atom stereocenters. The first-order chi connectivity index (χ1) is 10.0. The first kappa shape index (κ1) is 15.0. The fourth-order valence-corrected chi connectivity index (χ4v) is 2.15. The predicted molar refractivity (Wildman–Crippen MR) is 79.8 cm³/mol. The van der Waals surface area contributed by atoms with Crippen LogP contribution >= 0.6 is 15.9 Å². The van der Waals surface area contributed by atoms with Gasteiger partial charge in [-0.1, -0.05) is 0 Å². The molecule has 0 bridgehead atoms. The molecule has 2 rings (SSSR count). The summed E-state index contributed by atoms with van der Waals surface area (Å²) >= 11 is 3.30. The lowest BCUT2D eigenvalue weighted by atomic mass is 10.2. The average molecular weight is 351 g/mol. The molecule has 1 aromatic heterocycles. The summed E-state index contributed by atoms with van der Waals surface area (Å²) in [5.41, 5.74) is 0.766. The largest absolute Gasteiger partial charge is 0.496 e. The number of pyridine rings is 1. The molecule has 0 radical (unpaired) electrons. The van der Waals surface area contributed by atoms with Crippen LogP contribution < -0.4 is 10.1 Å². The van der Waals surface area contributed by atoms with Gasteiger partial charge in [0.15, 0.2) is 0 Å². The van der Waals surface area contributed by atoms with Crippen molar-refractivity contribution in [2.45, 2.75) is 0 Å². The zero-order valence-electron chi connectivity index (χ0n) is 11.0. The van der Waals surface area contributed by atoms with Gasteiger partial charge in [-0.25, -0.2) is 9.78 Å².